The zero-order valence-electron chi connectivity index (χ0n) is 13.2. The van der Waals surface area contributed by atoms with E-state index in [1.165, 1.54) is 0 Å². The van der Waals surface area contributed by atoms with E-state index in [-0.39, 0.29) is 36.2 Å². The van der Waals surface area contributed by atoms with Gasteiger partial charge >= 0.3 is 0 Å². The molecular formula is C16H24ClN3O2. The van der Waals surface area contributed by atoms with Gasteiger partial charge in [-0.25, -0.2) is 0 Å². The average Bonchev–Trinajstić information content (AvgIpc) is 3.22. The van der Waals surface area contributed by atoms with Gasteiger partial charge in [-0.05, 0) is 37.5 Å². The first-order chi connectivity index (χ1) is 9.93. The highest BCUT2D eigenvalue weighted by Crippen LogP contribution is 2.38. The smallest absolute Gasteiger partial charge is 0.253 e. The lowest BCUT2D eigenvalue weighted by Crippen LogP contribution is -2.39. The van der Waals surface area contributed by atoms with Crippen molar-refractivity contribution in [1.82, 2.24) is 4.90 Å². The van der Waals surface area contributed by atoms with Crippen molar-refractivity contribution in [2.45, 2.75) is 26.3 Å². The van der Waals surface area contributed by atoms with Gasteiger partial charge in [-0.1, -0.05) is 13.0 Å². The molecule has 1 aromatic rings. The van der Waals surface area contributed by atoms with Crippen molar-refractivity contribution < 1.29 is 9.59 Å². The molecule has 0 saturated heterocycles. The van der Waals surface area contributed by atoms with Gasteiger partial charge in [0, 0.05) is 36.8 Å². The second-order valence-electron chi connectivity index (χ2n) is 5.89. The zero-order chi connectivity index (χ0) is 15.6. The fourth-order valence-electron chi connectivity index (χ4n) is 2.21. The summed E-state index contributed by atoms with van der Waals surface area (Å²) >= 11 is 0. The quantitative estimate of drug-likeness (QED) is 0.870. The van der Waals surface area contributed by atoms with Crippen molar-refractivity contribution in [2.24, 2.45) is 17.6 Å². The van der Waals surface area contributed by atoms with Gasteiger partial charge in [0.25, 0.3) is 5.91 Å². The number of halogens is 1. The van der Waals surface area contributed by atoms with Crippen LogP contribution in [0, 0.1) is 11.8 Å². The van der Waals surface area contributed by atoms with Crippen molar-refractivity contribution in [2.75, 3.05) is 18.9 Å². The molecular weight excluding hydrogens is 302 g/mol. The Morgan fingerprint density at radius 1 is 1.45 bits per heavy atom. The van der Waals surface area contributed by atoms with Gasteiger partial charge in [0.2, 0.25) is 5.91 Å². The van der Waals surface area contributed by atoms with Gasteiger partial charge in [-0.15, -0.1) is 12.4 Å². The topological polar surface area (TPSA) is 75.4 Å². The Morgan fingerprint density at radius 3 is 2.64 bits per heavy atom. The maximum atomic E-state index is 12.3. The number of nitrogens with two attached hydrogens (primary N) is 1. The number of nitrogens with one attached hydrogen (secondary N) is 1. The Morgan fingerprint density at radius 2 is 2.09 bits per heavy atom. The minimum Gasteiger partial charge on any atom is -0.338 e. The maximum Gasteiger partial charge on any atom is 0.253 e. The number of carbonyl (C=O) groups is 2. The molecule has 3 atom stereocenters. The average molecular weight is 326 g/mol. The Kier molecular flexibility index (Phi) is 6.38. The van der Waals surface area contributed by atoms with Crippen LogP contribution in [0.15, 0.2) is 24.3 Å². The summed E-state index contributed by atoms with van der Waals surface area (Å²) in [5.74, 6) is 0.523. The van der Waals surface area contributed by atoms with Crippen molar-refractivity contribution >= 4 is 29.9 Å². The number of hydrogen-bond donors (Lipinski definition) is 2. The van der Waals surface area contributed by atoms with Crippen LogP contribution in [0.3, 0.4) is 0 Å². The predicted octanol–water partition coefficient (Wildman–Crippen LogP) is 2.12. The van der Waals surface area contributed by atoms with Crippen LogP contribution in [0.1, 0.15) is 30.6 Å². The molecule has 0 bridgehead atoms. The summed E-state index contributed by atoms with van der Waals surface area (Å²) in [6.07, 6.45) is 0.946. The highest BCUT2D eigenvalue weighted by Gasteiger charge is 2.39. The number of likely N-dealkylation sites (N-methyl/N-ethyl adjacent to an activating group) is 1. The van der Waals surface area contributed by atoms with Crippen LogP contribution in [0.5, 0.6) is 0 Å². The fourth-order valence-corrected chi connectivity index (χ4v) is 2.21. The molecule has 1 aliphatic carbocycles. The minimum absolute atomic E-state index is 0. The number of anilines is 1. The van der Waals surface area contributed by atoms with Gasteiger partial charge in [0.1, 0.15) is 0 Å². The normalized spacial score (nSPS) is 20.5. The number of rotatable bonds is 5. The summed E-state index contributed by atoms with van der Waals surface area (Å²) in [6, 6.07) is 7.02. The van der Waals surface area contributed by atoms with E-state index >= 15 is 0 Å². The Labute approximate surface area is 137 Å². The third-order valence-corrected chi connectivity index (χ3v) is 4.15. The molecule has 2 rings (SSSR count). The molecule has 5 nitrogen and oxygen atoms in total. The Bertz CT molecular complexity index is 550. The molecule has 2 amide bonds. The molecule has 1 fully saturated rings. The molecule has 0 aliphatic heterocycles. The van der Waals surface area contributed by atoms with E-state index in [2.05, 4.69) is 12.2 Å². The molecule has 0 spiro atoms. The first-order valence-corrected chi connectivity index (χ1v) is 7.32. The zero-order valence-corrected chi connectivity index (χ0v) is 14.0. The lowest BCUT2D eigenvalue weighted by molar-refractivity contribution is -0.117. The summed E-state index contributed by atoms with van der Waals surface area (Å²) < 4.78 is 0. The standard InChI is InChI=1S/C16H23N3O2.ClH/c1-10-7-14(10)15(20)18-13-6-4-5-12(8-13)16(21)19(3)11(2)9-17;/h4-6,8,10-11,14H,7,9,17H2,1-3H3,(H,18,20);1H. The lowest BCUT2D eigenvalue weighted by Gasteiger charge is -2.23. The molecule has 3 N–H and O–H groups in total. The van der Waals surface area contributed by atoms with E-state index in [4.69, 9.17) is 5.73 Å². The maximum absolute atomic E-state index is 12.3. The number of amides is 2. The molecule has 122 valence electrons. The van der Waals surface area contributed by atoms with Crippen molar-refractivity contribution in [3.05, 3.63) is 29.8 Å². The monoisotopic (exact) mass is 325 g/mol. The van der Waals surface area contributed by atoms with E-state index < -0.39 is 0 Å². The Hall–Kier alpha value is -1.59. The molecule has 6 heteroatoms. The number of hydrogen-bond acceptors (Lipinski definition) is 3. The fraction of sp³-hybridized carbons (Fsp3) is 0.500. The highest BCUT2D eigenvalue weighted by molar-refractivity contribution is 5.98. The lowest BCUT2D eigenvalue weighted by atomic mass is 10.1. The van der Waals surface area contributed by atoms with Crippen molar-refractivity contribution in [3.63, 3.8) is 0 Å². The molecule has 1 aliphatic rings. The number of nitrogens with zero attached hydrogens (tertiary/aromatic N) is 1. The van der Waals surface area contributed by atoms with E-state index in [0.29, 0.717) is 23.7 Å². The summed E-state index contributed by atoms with van der Waals surface area (Å²) in [5, 5.41) is 2.88. The second-order valence-corrected chi connectivity index (χ2v) is 5.89. The third-order valence-electron chi connectivity index (χ3n) is 4.15. The van der Waals surface area contributed by atoms with Gasteiger partial charge in [0.05, 0.1) is 0 Å². The van der Waals surface area contributed by atoms with E-state index in [1.54, 1.807) is 36.2 Å². The summed E-state index contributed by atoms with van der Waals surface area (Å²) in [5.41, 5.74) is 6.81. The molecule has 0 heterocycles. The molecule has 1 aromatic carbocycles. The molecule has 1 saturated carbocycles. The van der Waals surface area contributed by atoms with Crippen molar-refractivity contribution in [1.29, 1.82) is 0 Å². The second kappa shape index (κ2) is 7.61. The number of benzene rings is 1. The van der Waals surface area contributed by atoms with Gasteiger partial charge < -0.3 is 16.0 Å². The highest BCUT2D eigenvalue weighted by atomic mass is 35.5. The summed E-state index contributed by atoms with van der Waals surface area (Å²) in [7, 11) is 1.73. The van der Waals surface area contributed by atoms with E-state index in [0.717, 1.165) is 6.42 Å². The van der Waals surface area contributed by atoms with Gasteiger partial charge in [-0.3, -0.25) is 9.59 Å². The summed E-state index contributed by atoms with van der Waals surface area (Å²) in [4.78, 5) is 25.9. The first kappa shape index (κ1) is 18.5. The summed E-state index contributed by atoms with van der Waals surface area (Å²) in [6.45, 7) is 4.38. The van der Waals surface area contributed by atoms with Crippen LogP contribution >= 0.6 is 12.4 Å². The molecule has 3 unspecified atom stereocenters. The third kappa shape index (κ3) is 4.21. The number of carbonyl (C=O) groups excluding carboxylic acids is 2. The van der Waals surface area contributed by atoms with Crippen LogP contribution in [0.4, 0.5) is 5.69 Å². The van der Waals surface area contributed by atoms with Crippen molar-refractivity contribution in [3.8, 4) is 0 Å². The van der Waals surface area contributed by atoms with Crippen LogP contribution in [-0.4, -0.2) is 36.3 Å². The van der Waals surface area contributed by atoms with Gasteiger partial charge in [-0.2, -0.15) is 0 Å². The SMILES string of the molecule is CC1CC1C(=O)Nc1cccc(C(=O)N(C)C(C)CN)c1.Cl. The van der Waals surface area contributed by atoms with Crippen LogP contribution in [-0.2, 0) is 4.79 Å². The molecule has 0 radical (unpaired) electrons. The van der Waals surface area contributed by atoms with E-state index in [1.807, 2.05) is 6.92 Å². The largest absolute Gasteiger partial charge is 0.338 e. The Balaban J connectivity index is 0.00000242. The van der Waals surface area contributed by atoms with Crippen LogP contribution in [0.25, 0.3) is 0 Å². The van der Waals surface area contributed by atoms with Crippen LogP contribution < -0.4 is 11.1 Å². The van der Waals surface area contributed by atoms with E-state index in [9.17, 15) is 9.59 Å². The van der Waals surface area contributed by atoms with Crippen LogP contribution in [0.2, 0.25) is 0 Å². The molecule has 0 aromatic heterocycles. The first-order valence-electron chi connectivity index (χ1n) is 7.32. The minimum atomic E-state index is -0.0937. The van der Waals surface area contributed by atoms with Gasteiger partial charge in [0.15, 0.2) is 0 Å². The predicted molar refractivity (Wildman–Crippen MR) is 90.2 cm³/mol. The molecule has 22 heavy (non-hydrogen) atoms.